The second-order valence-corrected chi connectivity index (χ2v) is 8.53. The quantitative estimate of drug-likeness (QED) is 0.706. The van der Waals surface area contributed by atoms with Crippen molar-refractivity contribution in [1.29, 1.82) is 0 Å². The van der Waals surface area contributed by atoms with Gasteiger partial charge in [0.2, 0.25) is 10.0 Å². The molecule has 0 aromatic rings. The first kappa shape index (κ1) is 15.0. The highest BCUT2D eigenvalue weighted by Gasteiger charge is 2.35. The molecule has 3 nitrogen and oxygen atoms in total. The van der Waals surface area contributed by atoms with Crippen molar-refractivity contribution in [2.75, 3.05) is 6.54 Å². The largest absolute Gasteiger partial charge is 0.216 e. The molecule has 0 bridgehead atoms. The molecule has 1 fully saturated rings. The standard InChI is InChI=1S/C13H27NO2S/c1-10(2)8-12(5)14(9-13-6-7-13)17(15,16)11(3)4/h10-13H,6-9H2,1-5H3/t12-/m1/s1. The molecule has 1 aliphatic carbocycles. The van der Waals surface area contributed by atoms with E-state index in [1.165, 1.54) is 12.8 Å². The molecule has 1 atom stereocenters. The van der Waals surface area contributed by atoms with E-state index in [0.29, 0.717) is 11.8 Å². The molecule has 0 radical (unpaired) electrons. The Labute approximate surface area is 107 Å². The summed E-state index contributed by atoms with van der Waals surface area (Å²) in [5.74, 6) is 1.15. The molecule has 1 rings (SSSR count). The fraction of sp³-hybridized carbons (Fsp3) is 1.00. The zero-order chi connectivity index (χ0) is 13.2. The third-order valence-corrected chi connectivity index (χ3v) is 5.72. The van der Waals surface area contributed by atoms with E-state index in [9.17, 15) is 8.42 Å². The molecule has 17 heavy (non-hydrogen) atoms. The van der Waals surface area contributed by atoms with Crippen LogP contribution in [0.4, 0.5) is 0 Å². The van der Waals surface area contributed by atoms with Gasteiger partial charge in [0.25, 0.3) is 0 Å². The molecular weight excluding hydrogens is 234 g/mol. The highest BCUT2D eigenvalue weighted by molar-refractivity contribution is 7.89. The minimum Gasteiger partial charge on any atom is -0.212 e. The van der Waals surface area contributed by atoms with Crippen molar-refractivity contribution < 1.29 is 8.42 Å². The zero-order valence-electron chi connectivity index (χ0n) is 11.8. The van der Waals surface area contributed by atoms with E-state index in [-0.39, 0.29) is 11.3 Å². The van der Waals surface area contributed by atoms with Gasteiger partial charge >= 0.3 is 0 Å². The van der Waals surface area contributed by atoms with E-state index in [4.69, 9.17) is 0 Å². The number of hydrogen-bond acceptors (Lipinski definition) is 2. The number of sulfonamides is 1. The maximum atomic E-state index is 12.3. The molecule has 1 saturated carbocycles. The maximum absolute atomic E-state index is 12.3. The van der Waals surface area contributed by atoms with Gasteiger partial charge in [-0.2, -0.15) is 4.31 Å². The van der Waals surface area contributed by atoms with Crippen LogP contribution in [0.3, 0.4) is 0 Å². The fourth-order valence-electron chi connectivity index (χ4n) is 2.16. The predicted octanol–water partition coefficient (Wildman–Crippen LogP) is 2.87. The zero-order valence-corrected chi connectivity index (χ0v) is 12.6. The normalized spacial score (nSPS) is 19.3. The van der Waals surface area contributed by atoms with E-state index < -0.39 is 10.0 Å². The lowest BCUT2D eigenvalue weighted by Crippen LogP contribution is -2.44. The SMILES string of the molecule is CC(C)C[C@@H](C)N(CC1CC1)S(=O)(=O)C(C)C. The molecular formula is C13H27NO2S. The van der Waals surface area contributed by atoms with Crippen LogP contribution in [0.2, 0.25) is 0 Å². The van der Waals surface area contributed by atoms with Gasteiger partial charge in [0, 0.05) is 12.6 Å². The lowest BCUT2D eigenvalue weighted by molar-refractivity contribution is 0.286. The molecule has 0 amide bonds. The minimum absolute atomic E-state index is 0.128. The van der Waals surface area contributed by atoms with Gasteiger partial charge in [0.05, 0.1) is 5.25 Å². The average Bonchev–Trinajstić information content (AvgIpc) is 2.95. The molecule has 1 aliphatic rings. The van der Waals surface area contributed by atoms with Crippen LogP contribution in [0, 0.1) is 11.8 Å². The summed E-state index contributed by atoms with van der Waals surface area (Å²) in [5.41, 5.74) is 0. The monoisotopic (exact) mass is 261 g/mol. The summed E-state index contributed by atoms with van der Waals surface area (Å²) in [6.45, 7) is 10.6. The van der Waals surface area contributed by atoms with Gasteiger partial charge in [-0.15, -0.1) is 0 Å². The van der Waals surface area contributed by atoms with Gasteiger partial charge in [-0.3, -0.25) is 0 Å². The van der Waals surface area contributed by atoms with Crippen LogP contribution in [0.25, 0.3) is 0 Å². The van der Waals surface area contributed by atoms with Gasteiger partial charge in [0.1, 0.15) is 0 Å². The topological polar surface area (TPSA) is 37.4 Å². The van der Waals surface area contributed by atoms with Crippen molar-refractivity contribution in [2.45, 2.75) is 65.2 Å². The Morgan fingerprint density at radius 3 is 2.00 bits per heavy atom. The van der Waals surface area contributed by atoms with Gasteiger partial charge < -0.3 is 0 Å². The smallest absolute Gasteiger partial charge is 0.212 e. The van der Waals surface area contributed by atoms with Crippen molar-refractivity contribution in [2.24, 2.45) is 11.8 Å². The van der Waals surface area contributed by atoms with Crippen molar-refractivity contribution in [3.05, 3.63) is 0 Å². The van der Waals surface area contributed by atoms with E-state index >= 15 is 0 Å². The first-order valence-electron chi connectivity index (χ1n) is 6.75. The van der Waals surface area contributed by atoms with Crippen LogP contribution in [-0.2, 0) is 10.0 Å². The molecule has 0 spiro atoms. The molecule has 0 aromatic carbocycles. The second kappa shape index (κ2) is 5.70. The summed E-state index contributed by atoms with van der Waals surface area (Å²) in [6, 6.07) is 0.128. The van der Waals surface area contributed by atoms with Crippen molar-refractivity contribution in [3.63, 3.8) is 0 Å². The van der Waals surface area contributed by atoms with Gasteiger partial charge in [-0.05, 0) is 51.9 Å². The predicted molar refractivity (Wildman–Crippen MR) is 72.4 cm³/mol. The Bertz CT molecular complexity index is 331. The fourth-order valence-corrected chi connectivity index (χ4v) is 3.71. The van der Waals surface area contributed by atoms with Crippen molar-refractivity contribution in [3.8, 4) is 0 Å². The number of rotatable bonds is 7. The number of nitrogens with zero attached hydrogens (tertiary/aromatic N) is 1. The first-order valence-corrected chi connectivity index (χ1v) is 8.26. The summed E-state index contributed by atoms with van der Waals surface area (Å²) in [6.07, 6.45) is 3.33. The summed E-state index contributed by atoms with van der Waals surface area (Å²) in [4.78, 5) is 0. The molecule has 0 unspecified atom stereocenters. The van der Waals surface area contributed by atoms with Crippen LogP contribution >= 0.6 is 0 Å². The van der Waals surface area contributed by atoms with Crippen LogP contribution in [-0.4, -0.2) is 30.6 Å². The molecule has 0 aliphatic heterocycles. The average molecular weight is 261 g/mol. The highest BCUT2D eigenvalue weighted by atomic mass is 32.2. The van der Waals surface area contributed by atoms with E-state index in [2.05, 4.69) is 13.8 Å². The molecule has 0 saturated heterocycles. The van der Waals surface area contributed by atoms with E-state index in [0.717, 1.165) is 13.0 Å². The van der Waals surface area contributed by atoms with Crippen LogP contribution in [0.5, 0.6) is 0 Å². The Balaban J connectivity index is 2.78. The number of hydrogen-bond donors (Lipinski definition) is 0. The van der Waals surface area contributed by atoms with Crippen LogP contribution in [0.1, 0.15) is 53.9 Å². The lowest BCUT2D eigenvalue weighted by atomic mass is 10.1. The molecule has 0 heterocycles. The van der Waals surface area contributed by atoms with Crippen LogP contribution < -0.4 is 0 Å². The Hall–Kier alpha value is -0.0900. The summed E-state index contributed by atoms with van der Waals surface area (Å²) in [5, 5.41) is -0.309. The maximum Gasteiger partial charge on any atom is 0.216 e. The highest BCUT2D eigenvalue weighted by Crippen LogP contribution is 2.32. The van der Waals surface area contributed by atoms with Gasteiger partial charge in [-0.1, -0.05) is 13.8 Å². The molecule has 0 aromatic heterocycles. The molecule has 4 heteroatoms. The van der Waals surface area contributed by atoms with Crippen molar-refractivity contribution >= 4 is 10.0 Å². The third kappa shape index (κ3) is 4.25. The Morgan fingerprint density at radius 2 is 1.65 bits per heavy atom. The van der Waals surface area contributed by atoms with Crippen LogP contribution in [0.15, 0.2) is 0 Å². The molecule has 102 valence electrons. The van der Waals surface area contributed by atoms with E-state index in [1.807, 2.05) is 6.92 Å². The van der Waals surface area contributed by atoms with Gasteiger partial charge in [-0.25, -0.2) is 8.42 Å². The summed E-state index contributed by atoms with van der Waals surface area (Å²) in [7, 11) is -3.11. The summed E-state index contributed by atoms with van der Waals surface area (Å²) >= 11 is 0. The Kier molecular flexibility index (Phi) is 5.02. The third-order valence-electron chi connectivity index (χ3n) is 3.36. The lowest BCUT2D eigenvalue weighted by Gasteiger charge is -2.31. The summed E-state index contributed by atoms with van der Waals surface area (Å²) < 4.78 is 26.4. The molecule has 0 N–H and O–H groups in total. The van der Waals surface area contributed by atoms with Gasteiger partial charge in [0.15, 0.2) is 0 Å². The second-order valence-electron chi connectivity index (χ2n) is 6.09. The van der Waals surface area contributed by atoms with E-state index in [1.54, 1.807) is 18.2 Å². The Morgan fingerprint density at radius 1 is 1.12 bits per heavy atom. The minimum atomic E-state index is -3.11. The van der Waals surface area contributed by atoms with Crippen molar-refractivity contribution in [1.82, 2.24) is 4.31 Å². The first-order chi connectivity index (χ1) is 7.75.